The van der Waals surface area contributed by atoms with Gasteiger partial charge in [-0.15, -0.1) is 0 Å². The van der Waals surface area contributed by atoms with Gasteiger partial charge in [0.25, 0.3) is 0 Å². The Bertz CT molecular complexity index is 773. The molecule has 0 N–H and O–H groups in total. The van der Waals surface area contributed by atoms with E-state index >= 15 is 0 Å². The minimum atomic E-state index is -0.0457. The number of hydroxylamine groups is 2. The molecule has 0 radical (unpaired) electrons. The molecular weight excluding hydrogens is 364 g/mol. The summed E-state index contributed by atoms with van der Waals surface area (Å²) in [6.45, 7) is 6.13. The summed E-state index contributed by atoms with van der Waals surface area (Å²) in [5, 5.41) is 1.58. The fourth-order valence-corrected chi connectivity index (χ4v) is 4.06. The van der Waals surface area contributed by atoms with Gasteiger partial charge in [0.15, 0.2) is 0 Å². The van der Waals surface area contributed by atoms with Crippen LogP contribution in [0.2, 0.25) is 0 Å². The molecule has 156 valence electrons. The average Bonchev–Trinajstić information content (AvgIpc) is 2.75. The molecule has 1 heterocycles. The fourth-order valence-electron chi connectivity index (χ4n) is 4.06. The molecule has 5 nitrogen and oxygen atoms in total. The Morgan fingerprint density at radius 1 is 1.10 bits per heavy atom. The quantitative estimate of drug-likeness (QED) is 0.631. The molecule has 2 aromatic carbocycles. The van der Waals surface area contributed by atoms with Crippen LogP contribution in [0.4, 0.5) is 0 Å². The average molecular weight is 397 g/mol. The van der Waals surface area contributed by atoms with Crippen molar-refractivity contribution in [2.24, 2.45) is 0 Å². The predicted octanol–water partition coefficient (Wildman–Crippen LogP) is 4.07. The van der Waals surface area contributed by atoms with E-state index < -0.39 is 0 Å². The Kier molecular flexibility index (Phi) is 7.67. The van der Waals surface area contributed by atoms with Crippen molar-refractivity contribution in [2.45, 2.75) is 51.8 Å². The van der Waals surface area contributed by atoms with E-state index in [9.17, 15) is 4.79 Å². The van der Waals surface area contributed by atoms with E-state index in [1.165, 1.54) is 5.56 Å². The van der Waals surface area contributed by atoms with Gasteiger partial charge in [0, 0.05) is 31.6 Å². The first kappa shape index (κ1) is 21.3. The SMILES string of the molecule is COc1ccccc1CON(C(C)=O)C1CCN(C(C)Cc2ccccc2)CC1. The third-order valence-corrected chi connectivity index (χ3v) is 5.69. The second-order valence-electron chi connectivity index (χ2n) is 7.74. The molecule has 0 aliphatic carbocycles. The van der Waals surface area contributed by atoms with Gasteiger partial charge < -0.3 is 9.64 Å². The molecule has 0 bridgehead atoms. The largest absolute Gasteiger partial charge is 0.496 e. The fraction of sp³-hybridized carbons (Fsp3) is 0.458. The summed E-state index contributed by atoms with van der Waals surface area (Å²) in [5.41, 5.74) is 2.31. The topological polar surface area (TPSA) is 42.0 Å². The first-order chi connectivity index (χ1) is 14.1. The normalized spacial score (nSPS) is 16.4. The second-order valence-corrected chi connectivity index (χ2v) is 7.74. The second kappa shape index (κ2) is 10.4. The maximum absolute atomic E-state index is 12.2. The van der Waals surface area contributed by atoms with Crippen LogP contribution in [-0.4, -0.2) is 48.2 Å². The lowest BCUT2D eigenvalue weighted by Crippen LogP contribution is -2.49. The summed E-state index contributed by atoms with van der Waals surface area (Å²) >= 11 is 0. The molecule has 1 saturated heterocycles. The summed E-state index contributed by atoms with van der Waals surface area (Å²) in [4.78, 5) is 20.7. The molecule has 0 spiro atoms. The van der Waals surface area contributed by atoms with Gasteiger partial charge in [0.05, 0.1) is 13.2 Å². The van der Waals surface area contributed by atoms with Crippen LogP contribution >= 0.6 is 0 Å². The van der Waals surface area contributed by atoms with Crippen LogP contribution in [0.3, 0.4) is 0 Å². The zero-order valence-electron chi connectivity index (χ0n) is 17.7. The Morgan fingerprint density at radius 3 is 2.41 bits per heavy atom. The lowest BCUT2D eigenvalue weighted by atomic mass is 10.00. The monoisotopic (exact) mass is 396 g/mol. The summed E-state index contributed by atoms with van der Waals surface area (Å²) in [6, 6.07) is 19.0. The third kappa shape index (κ3) is 5.81. The minimum Gasteiger partial charge on any atom is -0.496 e. The Labute approximate surface area is 174 Å². The zero-order chi connectivity index (χ0) is 20.6. The number of methoxy groups -OCH3 is 1. The molecule has 1 aliphatic heterocycles. The number of piperidine rings is 1. The van der Waals surface area contributed by atoms with Crippen molar-refractivity contribution in [2.75, 3.05) is 20.2 Å². The van der Waals surface area contributed by atoms with Crippen molar-refractivity contribution in [3.63, 3.8) is 0 Å². The number of carbonyl (C=O) groups is 1. The van der Waals surface area contributed by atoms with Gasteiger partial charge in [0.1, 0.15) is 12.4 Å². The van der Waals surface area contributed by atoms with E-state index in [-0.39, 0.29) is 11.9 Å². The molecule has 1 aliphatic rings. The molecule has 1 atom stereocenters. The van der Waals surface area contributed by atoms with E-state index in [1.54, 1.807) is 19.1 Å². The van der Waals surface area contributed by atoms with Crippen LogP contribution in [0.1, 0.15) is 37.8 Å². The van der Waals surface area contributed by atoms with Crippen LogP contribution < -0.4 is 4.74 Å². The van der Waals surface area contributed by atoms with Gasteiger partial charge in [-0.3, -0.25) is 9.63 Å². The van der Waals surface area contributed by atoms with Crippen molar-refractivity contribution in [1.82, 2.24) is 9.96 Å². The van der Waals surface area contributed by atoms with Crippen molar-refractivity contribution in [1.29, 1.82) is 0 Å². The summed E-state index contributed by atoms with van der Waals surface area (Å²) in [5.74, 6) is 0.733. The molecule has 3 rings (SSSR count). The third-order valence-electron chi connectivity index (χ3n) is 5.69. The highest BCUT2D eigenvalue weighted by Crippen LogP contribution is 2.23. The number of nitrogens with zero attached hydrogens (tertiary/aromatic N) is 2. The van der Waals surface area contributed by atoms with E-state index in [4.69, 9.17) is 9.57 Å². The molecule has 0 saturated carbocycles. The highest BCUT2D eigenvalue weighted by molar-refractivity contribution is 5.72. The smallest absolute Gasteiger partial charge is 0.243 e. The molecule has 1 amide bonds. The summed E-state index contributed by atoms with van der Waals surface area (Å²) in [6.07, 6.45) is 2.89. The molecular formula is C24H32N2O3. The number of carbonyl (C=O) groups excluding carboxylic acids is 1. The van der Waals surface area contributed by atoms with Crippen molar-refractivity contribution in [3.8, 4) is 5.75 Å². The number of rotatable bonds is 8. The number of hydrogen-bond donors (Lipinski definition) is 0. The number of para-hydroxylation sites is 1. The lowest BCUT2D eigenvalue weighted by molar-refractivity contribution is -0.209. The van der Waals surface area contributed by atoms with Crippen molar-refractivity contribution >= 4 is 5.91 Å². The van der Waals surface area contributed by atoms with Gasteiger partial charge in [-0.25, -0.2) is 5.06 Å². The molecule has 29 heavy (non-hydrogen) atoms. The van der Waals surface area contributed by atoms with E-state index in [2.05, 4.69) is 42.2 Å². The van der Waals surface area contributed by atoms with Crippen LogP contribution in [-0.2, 0) is 22.7 Å². The molecule has 2 aromatic rings. The van der Waals surface area contributed by atoms with Crippen LogP contribution in [0.15, 0.2) is 54.6 Å². The van der Waals surface area contributed by atoms with Gasteiger partial charge in [0.2, 0.25) is 5.91 Å². The number of hydrogen-bond acceptors (Lipinski definition) is 4. The van der Waals surface area contributed by atoms with E-state index in [0.717, 1.165) is 43.7 Å². The minimum absolute atomic E-state index is 0.0457. The maximum atomic E-state index is 12.2. The van der Waals surface area contributed by atoms with Crippen LogP contribution in [0.5, 0.6) is 5.75 Å². The standard InChI is InChI=1S/C24H32N2O3/c1-19(17-21-9-5-4-6-10-21)25-15-13-23(14-16-25)26(20(2)27)29-18-22-11-7-8-12-24(22)28-3/h4-12,19,23H,13-18H2,1-3H3. The molecule has 0 aromatic heterocycles. The zero-order valence-corrected chi connectivity index (χ0v) is 17.7. The highest BCUT2D eigenvalue weighted by atomic mass is 16.7. The Balaban J connectivity index is 1.53. The maximum Gasteiger partial charge on any atom is 0.243 e. The number of likely N-dealkylation sites (tertiary alicyclic amines) is 1. The Morgan fingerprint density at radius 2 is 1.76 bits per heavy atom. The first-order valence-corrected chi connectivity index (χ1v) is 10.4. The van der Waals surface area contributed by atoms with Gasteiger partial charge in [-0.2, -0.15) is 0 Å². The van der Waals surface area contributed by atoms with Crippen LogP contribution in [0, 0.1) is 0 Å². The van der Waals surface area contributed by atoms with Gasteiger partial charge in [-0.05, 0) is 37.8 Å². The summed E-state index contributed by atoms with van der Waals surface area (Å²) < 4.78 is 5.38. The Hall–Kier alpha value is -2.37. The number of amides is 1. The highest BCUT2D eigenvalue weighted by Gasteiger charge is 2.29. The summed E-state index contributed by atoms with van der Waals surface area (Å²) in [7, 11) is 1.65. The number of benzene rings is 2. The van der Waals surface area contributed by atoms with E-state index in [0.29, 0.717) is 12.6 Å². The van der Waals surface area contributed by atoms with Gasteiger partial charge in [-0.1, -0.05) is 48.5 Å². The lowest BCUT2D eigenvalue weighted by Gasteiger charge is -2.39. The van der Waals surface area contributed by atoms with Crippen molar-refractivity contribution < 1.29 is 14.4 Å². The van der Waals surface area contributed by atoms with Crippen LogP contribution in [0.25, 0.3) is 0 Å². The molecule has 5 heteroatoms. The van der Waals surface area contributed by atoms with E-state index in [1.807, 2.05) is 24.3 Å². The van der Waals surface area contributed by atoms with Gasteiger partial charge >= 0.3 is 0 Å². The number of ether oxygens (including phenoxy) is 1. The van der Waals surface area contributed by atoms with Crippen molar-refractivity contribution in [3.05, 3.63) is 65.7 Å². The predicted molar refractivity (Wildman–Crippen MR) is 115 cm³/mol. The first-order valence-electron chi connectivity index (χ1n) is 10.4. The molecule has 1 fully saturated rings. The molecule has 1 unspecified atom stereocenters.